The standard InChI is InChI=1S/C14H15NO2/c1-10(16)15-8-2-3-11-4-5-12-6-7-14(17)13(12)9-11/h2-5,9H,6-8H2,1H3,(H,15,16). The van der Waals surface area contributed by atoms with Gasteiger partial charge in [0.25, 0.3) is 0 Å². The highest BCUT2D eigenvalue weighted by Gasteiger charge is 2.18. The van der Waals surface area contributed by atoms with Crippen LogP contribution >= 0.6 is 0 Å². The number of carbonyl (C=O) groups excluding carboxylic acids is 2. The molecular formula is C14H15NO2. The summed E-state index contributed by atoms with van der Waals surface area (Å²) in [4.78, 5) is 22.2. The van der Waals surface area contributed by atoms with Gasteiger partial charge in [-0.05, 0) is 23.6 Å². The highest BCUT2D eigenvalue weighted by molar-refractivity contribution is 6.00. The molecule has 1 aliphatic rings. The van der Waals surface area contributed by atoms with Gasteiger partial charge in [0, 0.05) is 25.5 Å². The van der Waals surface area contributed by atoms with Crippen molar-refractivity contribution in [1.29, 1.82) is 0 Å². The molecule has 0 radical (unpaired) electrons. The Labute approximate surface area is 101 Å². The Morgan fingerprint density at radius 3 is 3.00 bits per heavy atom. The van der Waals surface area contributed by atoms with E-state index in [1.807, 2.05) is 30.4 Å². The van der Waals surface area contributed by atoms with Gasteiger partial charge in [0.15, 0.2) is 5.78 Å². The molecule has 1 aromatic rings. The Kier molecular flexibility index (Phi) is 3.38. The molecule has 0 spiro atoms. The second kappa shape index (κ2) is 4.95. The Hall–Kier alpha value is -1.90. The molecule has 1 aromatic carbocycles. The number of rotatable bonds is 3. The van der Waals surface area contributed by atoms with Gasteiger partial charge in [-0.3, -0.25) is 9.59 Å². The summed E-state index contributed by atoms with van der Waals surface area (Å²) in [6.45, 7) is 2.00. The number of aryl methyl sites for hydroxylation is 1. The first-order chi connectivity index (χ1) is 8.16. The Balaban J connectivity index is 2.05. The van der Waals surface area contributed by atoms with Gasteiger partial charge in [-0.2, -0.15) is 0 Å². The summed E-state index contributed by atoms with van der Waals surface area (Å²) in [6.07, 6.45) is 5.29. The van der Waals surface area contributed by atoms with Crippen molar-refractivity contribution in [1.82, 2.24) is 5.32 Å². The normalized spacial score (nSPS) is 14.1. The molecule has 3 nitrogen and oxygen atoms in total. The summed E-state index contributed by atoms with van der Waals surface area (Å²) < 4.78 is 0. The molecule has 0 bridgehead atoms. The minimum atomic E-state index is -0.0428. The largest absolute Gasteiger partial charge is 0.353 e. The summed E-state index contributed by atoms with van der Waals surface area (Å²) in [5.74, 6) is 0.191. The maximum absolute atomic E-state index is 11.6. The van der Waals surface area contributed by atoms with Crippen LogP contribution in [0.2, 0.25) is 0 Å². The van der Waals surface area contributed by atoms with Crippen LogP contribution < -0.4 is 5.32 Å². The first-order valence-electron chi connectivity index (χ1n) is 5.74. The van der Waals surface area contributed by atoms with Gasteiger partial charge in [0.05, 0.1) is 0 Å². The number of hydrogen-bond donors (Lipinski definition) is 1. The average molecular weight is 229 g/mol. The quantitative estimate of drug-likeness (QED) is 0.861. The SMILES string of the molecule is CC(=O)NCC=Cc1ccc2c(c1)C(=O)CC2. The van der Waals surface area contributed by atoms with Crippen LogP contribution in [-0.2, 0) is 11.2 Å². The van der Waals surface area contributed by atoms with E-state index in [9.17, 15) is 9.59 Å². The van der Waals surface area contributed by atoms with Crippen molar-refractivity contribution in [2.75, 3.05) is 6.54 Å². The molecule has 0 saturated carbocycles. The van der Waals surface area contributed by atoms with Crippen LogP contribution in [0, 0.1) is 0 Å². The fourth-order valence-electron chi connectivity index (χ4n) is 1.96. The predicted octanol–water partition coefficient (Wildman–Crippen LogP) is 1.96. The van der Waals surface area contributed by atoms with Crippen LogP contribution in [0.25, 0.3) is 6.08 Å². The van der Waals surface area contributed by atoms with Crippen molar-refractivity contribution >= 4 is 17.8 Å². The third-order valence-corrected chi connectivity index (χ3v) is 2.83. The topological polar surface area (TPSA) is 46.2 Å². The molecule has 3 heteroatoms. The second-order valence-corrected chi connectivity index (χ2v) is 4.18. The molecule has 0 heterocycles. The van der Waals surface area contributed by atoms with Crippen molar-refractivity contribution in [3.05, 3.63) is 41.0 Å². The Morgan fingerprint density at radius 1 is 1.41 bits per heavy atom. The number of hydrogen-bond acceptors (Lipinski definition) is 2. The van der Waals surface area contributed by atoms with Crippen LogP contribution in [0.1, 0.15) is 34.8 Å². The summed E-state index contributed by atoms with van der Waals surface area (Å²) >= 11 is 0. The summed E-state index contributed by atoms with van der Waals surface area (Å²) in [5.41, 5.74) is 3.00. The van der Waals surface area contributed by atoms with Crippen LogP contribution in [0.15, 0.2) is 24.3 Å². The zero-order valence-electron chi connectivity index (χ0n) is 9.82. The monoisotopic (exact) mass is 229 g/mol. The minimum absolute atomic E-state index is 0.0428. The lowest BCUT2D eigenvalue weighted by molar-refractivity contribution is -0.118. The van der Waals surface area contributed by atoms with Crippen LogP contribution in [0.5, 0.6) is 0 Å². The third-order valence-electron chi connectivity index (χ3n) is 2.83. The van der Waals surface area contributed by atoms with E-state index in [4.69, 9.17) is 0 Å². The lowest BCUT2D eigenvalue weighted by Gasteiger charge is -2.00. The molecule has 0 aromatic heterocycles. The second-order valence-electron chi connectivity index (χ2n) is 4.18. The van der Waals surface area contributed by atoms with Crippen molar-refractivity contribution in [2.24, 2.45) is 0 Å². The van der Waals surface area contributed by atoms with E-state index in [1.54, 1.807) is 0 Å². The van der Waals surface area contributed by atoms with Gasteiger partial charge in [0.1, 0.15) is 0 Å². The zero-order chi connectivity index (χ0) is 12.3. The summed E-state index contributed by atoms with van der Waals surface area (Å²) in [5, 5.41) is 2.68. The van der Waals surface area contributed by atoms with Gasteiger partial charge in [-0.1, -0.05) is 24.3 Å². The van der Waals surface area contributed by atoms with Gasteiger partial charge < -0.3 is 5.32 Å². The predicted molar refractivity (Wildman–Crippen MR) is 66.8 cm³/mol. The fourth-order valence-corrected chi connectivity index (χ4v) is 1.96. The van der Waals surface area contributed by atoms with Crippen LogP contribution in [0.3, 0.4) is 0 Å². The smallest absolute Gasteiger partial charge is 0.217 e. The molecule has 17 heavy (non-hydrogen) atoms. The zero-order valence-corrected chi connectivity index (χ0v) is 9.82. The summed E-state index contributed by atoms with van der Waals surface area (Å²) in [6, 6.07) is 5.94. The van der Waals surface area contributed by atoms with Gasteiger partial charge in [0.2, 0.25) is 5.91 Å². The number of carbonyl (C=O) groups is 2. The van der Waals surface area contributed by atoms with Crippen molar-refractivity contribution in [3.63, 3.8) is 0 Å². The minimum Gasteiger partial charge on any atom is -0.353 e. The van der Waals surface area contributed by atoms with Gasteiger partial charge in [-0.25, -0.2) is 0 Å². The van der Waals surface area contributed by atoms with Crippen LogP contribution in [0.4, 0.5) is 0 Å². The highest BCUT2D eigenvalue weighted by atomic mass is 16.1. The van der Waals surface area contributed by atoms with Crippen molar-refractivity contribution in [2.45, 2.75) is 19.8 Å². The third kappa shape index (κ3) is 2.81. The molecule has 1 amide bonds. The molecule has 2 rings (SSSR count). The summed E-state index contributed by atoms with van der Waals surface area (Å²) in [7, 11) is 0. The Morgan fingerprint density at radius 2 is 2.24 bits per heavy atom. The van der Waals surface area contributed by atoms with Gasteiger partial charge in [-0.15, -0.1) is 0 Å². The molecule has 0 unspecified atom stereocenters. The molecule has 0 fully saturated rings. The molecule has 1 N–H and O–H groups in total. The van der Waals surface area contributed by atoms with E-state index in [0.29, 0.717) is 13.0 Å². The molecule has 1 aliphatic carbocycles. The number of amides is 1. The fraction of sp³-hybridized carbons (Fsp3) is 0.286. The highest BCUT2D eigenvalue weighted by Crippen LogP contribution is 2.23. The van der Waals surface area contributed by atoms with Crippen LogP contribution in [-0.4, -0.2) is 18.2 Å². The van der Waals surface area contributed by atoms with E-state index < -0.39 is 0 Å². The lowest BCUT2D eigenvalue weighted by Crippen LogP contribution is -2.19. The number of fused-ring (bicyclic) bond motifs is 1. The average Bonchev–Trinajstić information content (AvgIpc) is 2.66. The first-order valence-corrected chi connectivity index (χ1v) is 5.74. The molecular weight excluding hydrogens is 214 g/mol. The number of benzene rings is 1. The van der Waals surface area contributed by atoms with E-state index in [2.05, 4.69) is 5.32 Å². The first kappa shape index (κ1) is 11.6. The van der Waals surface area contributed by atoms with E-state index in [-0.39, 0.29) is 11.7 Å². The Bertz CT molecular complexity index is 489. The van der Waals surface area contributed by atoms with Crippen molar-refractivity contribution in [3.8, 4) is 0 Å². The van der Waals surface area contributed by atoms with E-state index >= 15 is 0 Å². The molecule has 0 aliphatic heterocycles. The molecule has 88 valence electrons. The number of nitrogens with one attached hydrogen (secondary N) is 1. The number of Topliss-reactive ketones (excluding diaryl/α,β-unsaturated/α-hetero) is 1. The van der Waals surface area contributed by atoms with E-state index in [1.165, 1.54) is 6.92 Å². The molecule has 0 saturated heterocycles. The van der Waals surface area contributed by atoms with Crippen molar-refractivity contribution < 1.29 is 9.59 Å². The molecule has 0 atom stereocenters. The van der Waals surface area contributed by atoms with E-state index in [0.717, 1.165) is 23.1 Å². The maximum Gasteiger partial charge on any atom is 0.217 e. The van der Waals surface area contributed by atoms with Gasteiger partial charge >= 0.3 is 0 Å². The number of ketones is 1. The maximum atomic E-state index is 11.6. The lowest BCUT2D eigenvalue weighted by atomic mass is 10.1.